The van der Waals surface area contributed by atoms with E-state index in [1.165, 1.54) is 11.5 Å². The highest BCUT2D eigenvalue weighted by Crippen LogP contribution is 2.07. The number of hydrogen-bond donors (Lipinski definition) is 1. The third kappa shape index (κ3) is 3.08. The Morgan fingerprint density at radius 1 is 1.56 bits per heavy atom. The van der Waals surface area contributed by atoms with E-state index in [4.69, 9.17) is 5.73 Å². The van der Waals surface area contributed by atoms with Crippen LogP contribution in [-0.2, 0) is 0 Å². The molecule has 0 aliphatic heterocycles. The predicted molar refractivity (Wildman–Crippen MR) is 42.6 cm³/mol. The van der Waals surface area contributed by atoms with Crippen molar-refractivity contribution in [3.8, 4) is 0 Å². The molecule has 3 heteroatoms. The van der Waals surface area contributed by atoms with Crippen molar-refractivity contribution in [2.45, 2.75) is 20.8 Å². The molecule has 0 spiro atoms. The van der Waals surface area contributed by atoms with Gasteiger partial charge in [-0.2, -0.15) is 4.37 Å². The van der Waals surface area contributed by atoms with E-state index in [-0.39, 0.29) is 0 Å². The summed E-state index contributed by atoms with van der Waals surface area (Å²) < 4.78 is 3.84. The van der Waals surface area contributed by atoms with E-state index in [0.29, 0.717) is 5.82 Å². The Morgan fingerprint density at radius 2 is 2.11 bits per heavy atom. The van der Waals surface area contributed by atoms with Gasteiger partial charge in [0.2, 0.25) is 0 Å². The average Bonchev–Trinajstić information content (AvgIpc) is 2.20. The molecule has 9 heavy (non-hydrogen) atoms. The first-order chi connectivity index (χ1) is 4.29. The summed E-state index contributed by atoms with van der Waals surface area (Å²) in [6.07, 6.45) is 0. The number of nitrogens with two attached hydrogens (primary N) is 1. The summed E-state index contributed by atoms with van der Waals surface area (Å²) >= 11 is 1.43. The zero-order valence-electron chi connectivity index (χ0n) is 6.01. The number of aromatic nitrogens is 1. The zero-order chi connectivity index (χ0) is 7.28. The highest BCUT2D eigenvalue weighted by atomic mass is 32.1. The maximum atomic E-state index is 5.28. The van der Waals surface area contributed by atoms with Crippen molar-refractivity contribution in [3.63, 3.8) is 0 Å². The second-order valence-corrected chi connectivity index (χ2v) is 2.37. The van der Waals surface area contributed by atoms with Crippen molar-refractivity contribution in [2.24, 2.45) is 0 Å². The summed E-state index contributed by atoms with van der Waals surface area (Å²) in [6, 6.07) is 1.85. The van der Waals surface area contributed by atoms with Crippen LogP contribution >= 0.6 is 11.5 Å². The molecule has 0 unspecified atom stereocenters. The maximum Gasteiger partial charge on any atom is 0.137 e. The molecular weight excluding hydrogens is 132 g/mol. The number of nitrogen functional groups attached to an aromatic ring is 1. The van der Waals surface area contributed by atoms with Gasteiger partial charge in [0, 0.05) is 4.88 Å². The fourth-order valence-electron chi connectivity index (χ4n) is 0.386. The smallest absolute Gasteiger partial charge is 0.137 e. The molecular formula is C6H12N2S. The average molecular weight is 144 g/mol. The second-order valence-electron chi connectivity index (χ2n) is 1.36. The second kappa shape index (κ2) is 4.32. The highest BCUT2D eigenvalue weighted by Gasteiger charge is 1.86. The first-order valence-electron chi connectivity index (χ1n) is 2.98. The molecule has 0 radical (unpaired) electrons. The van der Waals surface area contributed by atoms with Crippen LogP contribution < -0.4 is 5.73 Å². The van der Waals surface area contributed by atoms with Gasteiger partial charge < -0.3 is 5.73 Å². The molecule has 2 nitrogen and oxygen atoms in total. The molecule has 0 aromatic carbocycles. The van der Waals surface area contributed by atoms with Gasteiger partial charge in [0.1, 0.15) is 5.82 Å². The summed E-state index contributed by atoms with van der Waals surface area (Å²) in [4.78, 5) is 1.16. The predicted octanol–water partition coefficient (Wildman–Crippen LogP) is 2.06. The highest BCUT2D eigenvalue weighted by molar-refractivity contribution is 7.05. The third-order valence-electron chi connectivity index (χ3n) is 0.646. The van der Waals surface area contributed by atoms with Gasteiger partial charge >= 0.3 is 0 Å². The number of hydrogen-bond acceptors (Lipinski definition) is 3. The molecule has 0 saturated carbocycles. The Bertz CT molecular complexity index is 143. The number of rotatable bonds is 0. The van der Waals surface area contributed by atoms with Crippen molar-refractivity contribution < 1.29 is 0 Å². The molecule has 0 atom stereocenters. The molecule has 0 amide bonds. The number of nitrogens with zero attached hydrogens (tertiary/aromatic N) is 1. The topological polar surface area (TPSA) is 38.9 Å². The van der Waals surface area contributed by atoms with Gasteiger partial charge in [-0.1, -0.05) is 13.8 Å². The largest absolute Gasteiger partial charge is 0.383 e. The van der Waals surface area contributed by atoms with Gasteiger partial charge in [-0.3, -0.25) is 0 Å². The first kappa shape index (κ1) is 8.43. The summed E-state index contributed by atoms with van der Waals surface area (Å²) in [6.45, 7) is 5.98. The molecule has 0 aliphatic carbocycles. The summed E-state index contributed by atoms with van der Waals surface area (Å²) in [5.74, 6) is 0.627. The Kier molecular flexibility index (Phi) is 4.05. The van der Waals surface area contributed by atoms with Crippen LogP contribution in [-0.4, -0.2) is 4.37 Å². The molecule has 1 rings (SSSR count). The van der Waals surface area contributed by atoms with E-state index in [0.717, 1.165) is 4.88 Å². The van der Waals surface area contributed by atoms with Gasteiger partial charge in [0.05, 0.1) is 0 Å². The monoisotopic (exact) mass is 144 g/mol. The SMILES string of the molecule is CC.Cc1cc(N)ns1. The Morgan fingerprint density at radius 3 is 2.22 bits per heavy atom. The molecule has 0 aliphatic rings. The van der Waals surface area contributed by atoms with E-state index < -0.39 is 0 Å². The molecule has 0 fully saturated rings. The Labute approximate surface area is 59.9 Å². The van der Waals surface area contributed by atoms with Crippen molar-refractivity contribution in [1.29, 1.82) is 0 Å². The van der Waals surface area contributed by atoms with Crippen LogP contribution in [0.15, 0.2) is 6.07 Å². The van der Waals surface area contributed by atoms with Gasteiger partial charge in [-0.25, -0.2) is 0 Å². The molecule has 0 saturated heterocycles. The first-order valence-corrected chi connectivity index (χ1v) is 3.75. The summed E-state index contributed by atoms with van der Waals surface area (Å²) in [5, 5.41) is 0. The standard InChI is InChI=1S/C4H6N2S.C2H6/c1-3-2-4(5)6-7-3;1-2/h2H,1H3,(H2,5,6);1-2H3. The van der Waals surface area contributed by atoms with E-state index in [1.807, 2.05) is 26.8 Å². The van der Waals surface area contributed by atoms with E-state index in [9.17, 15) is 0 Å². The lowest BCUT2D eigenvalue weighted by Crippen LogP contribution is -1.79. The zero-order valence-corrected chi connectivity index (χ0v) is 6.83. The number of anilines is 1. The fraction of sp³-hybridized carbons (Fsp3) is 0.500. The fourth-order valence-corrected chi connectivity index (χ4v) is 0.861. The van der Waals surface area contributed by atoms with Gasteiger partial charge in [0.15, 0.2) is 0 Å². The Balaban J connectivity index is 0.000000291. The Hall–Kier alpha value is -0.570. The van der Waals surface area contributed by atoms with Crippen LogP contribution in [0.4, 0.5) is 5.82 Å². The van der Waals surface area contributed by atoms with E-state index in [1.54, 1.807) is 0 Å². The number of aryl methyl sites for hydroxylation is 1. The lowest BCUT2D eigenvalue weighted by Gasteiger charge is -1.69. The molecule has 52 valence electrons. The normalized spacial score (nSPS) is 7.89. The molecule has 1 aromatic rings. The molecule has 1 heterocycles. The van der Waals surface area contributed by atoms with Crippen LogP contribution in [0.5, 0.6) is 0 Å². The van der Waals surface area contributed by atoms with Crippen LogP contribution in [0.3, 0.4) is 0 Å². The summed E-state index contributed by atoms with van der Waals surface area (Å²) in [5.41, 5.74) is 5.28. The van der Waals surface area contributed by atoms with Gasteiger partial charge in [0.25, 0.3) is 0 Å². The van der Waals surface area contributed by atoms with Crippen molar-refractivity contribution in [2.75, 3.05) is 5.73 Å². The summed E-state index contributed by atoms with van der Waals surface area (Å²) in [7, 11) is 0. The lowest BCUT2D eigenvalue weighted by molar-refractivity contribution is 1.50. The molecule has 0 bridgehead atoms. The van der Waals surface area contributed by atoms with E-state index >= 15 is 0 Å². The van der Waals surface area contributed by atoms with Crippen LogP contribution in [0.1, 0.15) is 18.7 Å². The van der Waals surface area contributed by atoms with E-state index in [2.05, 4.69) is 4.37 Å². The minimum Gasteiger partial charge on any atom is -0.383 e. The minimum absolute atomic E-state index is 0.627. The third-order valence-corrected chi connectivity index (χ3v) is 1.35. The maximum absolute atomic E-state index is 5.28. The van der Waals surface area contributed by atoms with Crippen LogP contribution in [0.2, 0.25) is 0 Å². The van der Waals surface area contributed by atoms with Crippen molar-refractivity contribution in [3.05, 3.63) is 10.9 Å². The van der Waals surface area contributed by atoms with Crippen LogP contribution in [0, 0.1) is 6.92 Å². The molecule has 1 aromatic heterocycles. The lowest BCUT2D eigenvalue weighted by atomic mass is 10.5. The minimum atomic E-state index is 0.627. The quantitative estimate of drug-likeness (QED) is 0.605. The van der Waals surface area contributed by atoms with Gasteiger partial charge in [-0.15, -0.1) is 0 Å². The van der Waals surface area contributed by atoms with Crippen molar-refractivity contribution in [1.82, 2.24) is 4.37 Å². The molecule has 2 N–H and O–H groups in total. The van der Waals surface area contributed by atoms with Crippen LogP contribution in [0.25, 0.3) is 0 Å². The van der Waals surface area contributed by atoms with Crippen molar-refractivity contribution >= 4 is 17.4 Å². The van der Waals surface area contributed by atoms with Gasteiger partial charge in [-0.05, 0) is 24.5 Å².